The summed E-state index contributed by atoms with van der Waals surface area (Å²) in [6, 6.07) is 5.44. The van der Waals surface area contributed by atoms with Crippen molar-refractivity contribution in [2.75, 3.05) is 33.3 Å². The van der Waals surface area contributed by atoms with Crippen LogP contribution in [-0.2, 0) is 0 Å². The average molecular weight is 278 g/mol. The molecule has 1 aliphatic rings. The zero-order valence-electron chi connectivity index (χ0n) is 12.3. The van der Waals surface area contributed by atoms with Crippen LogP contribution in [0, 0.1) is 5.82 Å². The second-order valence-electron chi connectivity index (χ2n) is 5.36. The van der Waals surface area contributed by atoms with Crippen LogP contribution >= 0.6 is 0 Å². The number of piperazine rings is 1. The number of nitrogens with zero attached hydrogens (tertiary/aromatic N) is 1. The Balaban J connectivity index is 2.25. The fourth-order valence-corrected chi connectivity index (χ4v) is 2.67. The minimum atomic E-state index is -0.299. The van der Waals surface area contributed by atoms with Gasteiger partial charge in [-0.3, -0.25) is 4.90 Å². The first kappa shape index (κ1) is 15.0. The molecular formula is C16H23FN2O. The van der Waals surface area contributed by atoms with Crippen molar-refractivity contribution in [1.82, 2.24) is 10.2 Å². The van der Waals surface area contributed by atoms with E-state index in [0.29, 0.717) is 5.75 Å². The molecule has 0 bridgehead atoms. The molecule has 4 heteroatoms. The molecule has 0 spiro atoms. The van der Waals surface area contributed by atoms with Crippen LogP contribution in [0.1, 0.15) is 24.9 Å². The van der Waals surface area contributed by atoms with Crippen molar-refractivity contribution in [2.45, 2.75) is 19.4 Å². The third-order valence-electron chi connectivity index (χ3n) is 3.69. The zero-order valence-corrected chi connectivity index (χ0v) is 12.3. The maximum absolute atomic E-state index is 13.9. The van der Waals surface area contributed by atoms with E-state index in [4.69, 9.17) is 4.74 Å². The van der Waals surface area contributed by atoms with Gasteiger partial charge in [0.05, 0.1) is 7.11 Å². The standard InChI is InChI=1S/C16H23FN2O/c1-12(2)10-15(19-8-6-18-7-9-19)13-4-5-16(20-3)14(17)11-13/h4-5,11,15,18H,1,6-10H2,2-3H3/t15-/m0/s1. The van der Waals surface area contributed by atoms with E-state index in [1.54, 1.807) is 12.1 Å². The fourth-order valence-electron chi connectivity index (χ4n) is 2.67. The molecule has 1 aromatic rings. The molecule has 0 aliphatic carbocycles. The van der Waals surface area contributed by atoms with Gasteiger partial charge in [-0.25, -0.2) is 4.39 Å². The molecule has 0 aromatic heterocycles. The van der Waals surface area contributed by atoms with Crippen LogP contribution in [0.4, 0.5) is 4.39 Å². The average Bonchev–Trinajstić information content (AvgIpc) is 2.45. The first-order valence-corrected chi connectivity index (χ1v) is 7.04. The third-order valence-corrected chi connectivity index (χ3v) is 3.69. The molecule has 0 radical (unpaired) electrons. The third kappa shape index (κ3) is 3.58. The number of hydrogen-bond acceptors (Lipinski definition) is 3. The Kier molecular flexibility index (Phi) is 5.15. The van der Waals surface area contributed by atoms with Crippen LogP contribution in [-0.4, -0.2) is 38.2 Å². The lowest BCUT2D eigenvalue weighted by molar-refractivity contribution is 0.172. The van der Waals surface area contributed by atoms with E-state index < -0.39 is 0 Å². The van der Waals surface area contributed by atoms with Crippen LogP contribution in [0.15, 0.2) is 30.4 Å². The zero-order chi connectivity index (χ0) is 14.5. The molecule has 1 aromatic carbocycles. The Labute approximate surface area is 120 Å². The lowest BCUT2D eigenvalue weighted by Gasteiger charge is -2.35. The Morgan fingerprint density at radius 1 is 1.45 bits per heavy atom. The summed E-state index contributed by atoms with van der Waals surface area (Å²) in [5.74, 6) is -0.00464. The van der Waals surface area contributed by atoms with E-state index in [0.717, 1.165) is 43.7 Å². The summed E-state index contributed by atoms with van der Waals surface area (Å²) in [5.41, 5.74) is 2.11. The number of ether oxygens (including phenoxy) is 1. The lowest BCUT2D eigenvalue weighted by atomic mass is 9.97. The summed E-state index contributed by atoms with van der Waals surface area (Å²) in [5, 5.41) is 3.35. The summed E-state index contributed by atoms with van der Waals surface area (Å²) in [6.07, 6.45) is 0.853. The van der Waals surface area contributed by atoms with Crippen molar-refractivity contribution in [3.05, 3.63) is 41.7 Å². The van der Waals surface area contributed by atoms with E-state index in [1.807, 2.05) is 13.0 Å². The van der Waals surface area contributed by atoms with Gasteiger partial charge in [-0.15, -0.1) is 6.58 Å². The first-order valence-electron chi connectivity index (χ1n) is 7.04. The highest BCUT2D eigenvalue weighted by Gasteiger charge is 2.23. The normalized spacial score (nSPS) is 17.8. The van der Waals surface area contributed by atoms with E-state index in [9.17, 15) is 4.39 Å². The van der Waals surface area contributed by atoms with Crippen LogP contribution in [0.3, 0.4) is 0 Å². The molecule has 3 nitrogen and oxygen atoms in total. The highest BCUT2D eigenvalue weighted by Crippen LogP contribution is 2.30. The summed E-state index contributed by atoms with van der Waals surface area (Å²) < 4.78 is 18.9. The molecule has 1 saturated heterocycles. The minimum absolute atomic E-state index is 0.190. The second kappa shape index (κ2) is 6.86. The highest BCUT2D eigenvalue weighted by molar-refractivity contribution is 5.31. The Morgan fingerprint density at radius 3 is 2.70 bits per heavy atom. The number of halogens is 1. The van der Waals surface area contributed by atoms with Crippen molar-refractivity contribution in [3.8, 4) is 5.75 Å². The van der Waals surface area contributed by atoms with Gasteiger partial charge in [0.1, 0.15) is 0 Å². The number of nitrogens with one attached hydrogen (secondary N) is 1. The second-order valence-corrected chi connectivity index (χ2v) is 5.36. The number of rotatable bonds is 5. The molecule has 1 heterocycles. The van der Waals surface area contributed by atoms with E-state index in [2.05, 4.69) is 16.8 Å². The van der Waals surface area contributed by atoms with Gasteiger partial charge in [0.15, 0.2) is 11.6 Å². The van der Waals surface area contributed by atoms with Gasteiger partial charge < -0.3 is 10.1 Å². The Hall–Kier alpha value is -1.39. The van der Waals surface area contributed by atoms with Crippen molar-refractivity contribution in [3.63, 3.8) is 0 Å². The number of hydrogen-bond donors (Lipinski definition) is 1. The molecule has 0 unspecified atom stereocenters. The molecule has 1 aliphatic heterocycles. The quantitative estimate of drug-likeness (QED) is 0.838. The Bertz CT molecular complexity index is 470. The maximum atomic E-state index is 13.9. The molecular weight excluding hydrogens is 255 g/mol. The molecule has 2 rings (SSSR count). The van der Waals surface area contributed by atoms with Gasteiger partial charge in [-0.05, 0) is 31.0 Å². The maximum Gasteiger partial charge on any atom is 0.165 e. The first-order chi connectivity index (χ1) is 9.61. The predicted octanol–water partition coefficient (Wildman–Crippen LogP) is 2.75. The van der Waals surface area contributed by atoms with Gasteiger partial charge in [0.25, 0.3) is 0 Å². The number of methoxy groups -OCH3 is 1. The largest absolute Gasteiger partial charge is 0.494 e. The fraction of sp³-hybridized carbons (Fsp3) is 0.500. The molecule has 110 valence electrons. The summed E-state index contributed by atoms with van der Waals surface area (Å²) in [4.78, 5) is 2.40. The van der Waals surface area contributed by atoms with Gasteiger partial charge in [-0.2, -0.15) is 0 Å². The molecule has 1 N–H and O–H groups in total. The lowest BCUT2D eigenvalue weighted by Crippen LogP contribution is -2.45. The molecule has 1 fully saturated rings. The topological polar surface area (TPSA) is 24.5 Å². The van der Waals surface area contributed by atoms with Gasteiger partial charge >= 0.3 is 0 Å². The molecule has 0 amide bonds. The Morgan fingerprint density at radius 2 is 2.15 bits per heavy atom. The summed E-state index contributed by atoms with van der Waals surface area (Å²) >= 11 is 0. The van der Waals surface area contributed by atoms with Gasteiger partial charge in [0, 0.05) is 32.2 Å². The van der Waals surface area contributed by atoms with Crippen molar-refractivity contribution < 1.29 is 9.13 Å². The molecule has 1 atom stereocenters. The predicted molar refractivity (Wildman–Crippen MR) is 79.6 cm³/mol. The minimum Gasteiger partial charge on any atom is -0.494 e. The smallest absolute Gasteiger partial charge is 0.165 e. The van der Waals surface area contributed by atoms with Crippen LogP contribution < -0.4 is 10.1 Å². The van der Waals surface area contributed by atoms with Crippen molar-refractivity contribution >= 4 is 0 Å². The molecule has 20 heavy (non-hydrogen) atoms. The van der Waals surface area contributed by atoms with E-state index in [-0.39, 0.29) is 11.9 Å². The van der Waals surface area contributed by atoms with E-state index in [1.165, 1.54) is 7.11 Å². The van der Waals surface area contributed by atoms with Gasteiger partial charge in [-0.1, -0.05) is 11.6 Å². The van der Waals surface area contributed by atoms with Crippen molar-refractivity contribution in [1.29, 1.82) is 0 Å². The summed E-state index contributed by atoms with van der Waals surface area (Å²) in [7, 11) is 1.49. The van der Waals surface area contributed by atoms with Crippen LogP contribution in [0.5, 0.6) is 5.75 Å². The SMILES string of the molecule is C=C(C)C[C@@H](c1ccc(OC)c(F)c1)N1CCNCC1. The van der Waals surface area contributed by atoms with Crippen LogP contribution in [0.25, 0.3) is 0 Å². The van der Waals surface area contributed by atoms with Crippen molar-refractivity contribution in [2.24, 2.45) is 0 Å². The van der Waals surface area contributed by atoms with Crippen LogP contribution in [0.2, 0.25) is 0 Å². The number of benzene rings is 1. The monoisotopic (exact) mass is 278 g/mol. The highest BCUT2D eigenvalue weighted by atomic mass is 19.1. The van der Waals surface area contributed by atoms with Gasteiger partial charge in [0.2, 0.25) is 0 Å². The van der Waals surface area contributed by atoms with E-state index >= 15 is 0 Å². The molecule has 0 saturated carbocycles. The summed E-state index contributed by atoms with van der Waals surface area (Å²) in [6.45, 7) is 9.94.